The minimum Gasteiger partial charge on any atom is -0.341 e. The second-order valence-electron chi connectivity index (χ2n) is 6.35. The number of carbonyl (C=O) groups is 1. The van der Waals surface area contributed by atoms with E-state index in [9.17, 15) is 9.59 Å². The highest BCUT2D eigenvalue weighted by molar-refractivity contribution is 5.76. The van der Waals surface area contributed by atoms with Gasteiger partial charge in [0.05, 0.1) is 0 Å². The molecule has 1 amide bonds. The van der Waals surface area contributed by atoms with Gasteiger partial charge in [0.25, 0.3) is 5.56 Å². The number of H-pyrrole nitrogens is 1. The van der Waals surface area contributed by atoms with Crippen molar-refractivity contribution in [3.05, 3.63) is 68.1 Å². The number of carbonyl (C=O) groups excluding carboxylic acids is 1. The Hall–Kier alpha value is -2.87. The predicted octanol–water partition coefficient (Wildman–Crippen LogP) is 2.76. The molecule has 0 atom stereocenters. The molecule has 0 saturated carbocycles. The Balaban J connectivity index is 2.09. The molecule has 0 bridgehead atoms. The molecule has 0 aliphatic heterocycles. The smallest absolute Gasteiger partial charge is 0.266 e. The van der Waals surface area contributed by atoms with E-state index in [1.807, 2.05) is 37.3 Å². The maximum Gasteiger partial charge on any atom is 0.266 e. The maximum absolute atomic E-state index is 12.5. The van der Waals surface area contributed by atoms with Crippen LogP contribution in [0, 0.1) is 32.1 Å². The summed E-state index contributed by atoms with van der Waals surface area (Å²) in [6.45, 7) is 6.16. The average molecular weight is 337 g/mol. The molecule has 1 N–H and O–H groups in total. The second kappa shape index (κ2) is 7.80. The summed E-state index contributed by atoms with van der Waals surface area (Å²) in [6, 6.07) is 9.95. The summed E-state index contributed by atoms with van der Waals surface area (Å²) in [6.07, 6.45) is 0.834. The van der Waals surface area contributed by atoms with Crippen molar-refractivity contribution in [3.8, 4) is 6.07 Å². The molecule has 0 aliphatic rings. The van der Waals surface area contributed by atoms with Gasteiger partial charge in [0.15, 0.2) is 0 Å². The Morgan fingerprint density at radius 1 is 1.24 bits per heavy atom. The van der Waals surface area contributed by atoms with E-state index < -0.39 is 0 Å². The van der Waals surface area contributed by atoms with Crippen molar-refractivity contribution in [2.24, 2.45) is 0 Å². The Morgan fingerprint density at radius 3 is 2.56 bits per heavy atom. The number of amides is 1. The van der Waals surface area contributed by atoms with Gasteiger partial charge in [-0.2, -0.15) is 5.26 Å². The zero-order chi connectivity index (χ0) is 18.6. The minimum atomic E-state index is -0.371. The molecule has 5 heteroatoms. The zero-order valence-electron chi connectivity index (χ0n) is 15.1. The quantitative estimate of drug-likeness (QED) is 0.911. The normalized spacial score (nSPS) is 10.4. The van der Waals surface area contributed by atoms with E-state index in [1.165, 1.54) is 0 Å². The van der Waals surface area contributed by atoms with Crippen molar-refractivity contribution in [2.75, 3.05) is 7.05 Å². The highest BCUT2D eigenvalue weighted by Crippen LogP contribution is 2.16. The van der Waals surface area contributed by atoms with Crippen molar-refractivity contribution in [1.82, 2.24) is 9.88 Å². The van der Waals surface area contributed by atoms with Gasteiger partial charge >= 0.3 is 0 Å². The Morgan fingerprint density at radius 2 is 1.92 bits per heavy atom. The molecule has 25 heavy (non-hydrogen) atoms. The Labute approximate surface area is 147 Å². The van der Waals surface area contributed by atoms with Gasteiger partial charge in [-0.25, -0.2) is 0 Å². The molecule has 1 aromatic heterocycles. The van der Waals surface area contributed by atoms with E-state index >= 15 is 0 Å². The molecule has 0 saturated heterocycles. The lowest BCUT2D eigenvalue weighted by Crippen LogP contribution is -2.27. The minimum absolute atomic E-state index is 0.0340. The van der Waals surface area contributed by atoms with Crippen LogP contribution in [0.3, 0.4) is 0 Å². The molecular formula is C20H23N3O2. The van der Waals surface area contributed by atoms with Crippen LogP contribution in [0.2, 0.25) is 0 Å². The van der Waals surface area contributed by atoms with Gasteiger partial charge in [-0.3, -0.25) is 9.59 Å². The standard InChI is InChI=1S/C20H23N3O2/c1-13-7-5-6-8-16(13)12-23(4)19(24)10-9-17-14(2)18(11-21)20(25)22-15(17)3/h5-8H,9-10,12H2,1-4H3,(H,22,25). The summed E-state index contributed by atoms with van der Waals surface area (Å²) in [4.78, 5) is 28.6. The third-order valence-electron chi connectivity index (χ3n) is 4.60. The highest BCUT2D eigenvalue weighted by atomic mass is 16.2. The molecule has 130 valence electrons. The van der Waals surface area contributed by atoms with Crippen molar-refractivity contribution in [3.63, 3.8) is 0 Å². The van der Waals surface area contributed by atoms with Crippen LogP contribution in [-0.2, 0) is 17.8 Å². The van der Waals surface area contributed by atoms with E-state index in [0.29, 0.717) is 24.9 Å². The number of hydrogen-bond acceptors (Lipinski definition) is 3. The number of benzene rings is 1. The fourth-order valence-electron chi connectivity index (χ4n) is 2.97. The number of aromatic nitrogens is 1. The molecule has 0 radical (unpaired) electrons. The summed E-state index contributed by atoms with van der Waals surface area (Å²) in [7, 11) is 1.79. The molecule has 2 aromatic rings. The van der Waals surface area contributed by atoms with Gasteiger partial charge in [-0.15, -0.1) is 0 Å². The molecule has 0 aliphatic carbocycles. The van der Waals surface area contributed by atoms with E-state index in [1.54, 1.807) is 25.8 Å². The van der Waals surface area contributed by atoms with Gasteiger partial charge in [-0.05, 0) is 49.4 Å². The lowest BCUT2D eigenvalue weighted by molar-refractivity contribution is -0.130. The number of nitrogens with one attached hydrogen (secondary N) is 1. The maximum atomic E-state index is 12.5. The second-order valence-corrected chi connectivity index (χ2v) is 6.35. The number of aryl methyl sites for hydroxylation is 2. The average Bonchev–Trinajstić information content (AvgIpc) is 2.56. The summed E-state index contributed by atoms with van der Waals surface area (Å²) in [5, 5.41) is 9.13. The van der Waals surface area contributed by atoms with Gasteiger partial charge in [-0.1, -0.05) is 24.3 Å². The lowest BCUT2D eigenvalue weighted by atomic mass is 9.99. The number of hydrogen-bond donors (Lipinski definition) is 1. The van der Waals surface area contributed by atoms with E-state index in [2.05, 4.69) is 4.98 Å². The summed E-state index contributed by atoms with van der Waals surface area (Å²) in [5.74, 6) is 0.0340. The third-order valence-corrected chi connectivity index (χ3v) is 4.60. The van der Waals surface area contributed by atoms with Crippen LogP contribution in [0.1, 0.15) is 39.9 Å². The van der Waals surface area contributed by atoms with Crippen LogP contribution in [0.5, 0.6) is 0 Å². The van der Waals surface area contributed by atoms with Crippen LogP contribution < -0.4 is 5.56 Å². The first-order valence-corrected chi connectivity index (χ1v) is 8.26. The number of pyridine rings is 1. The lowest BCUT2D eigenvalue weighted by Gasteiger charge is -2.19. The van der Waals surface area contributed by atoms with Gasteiger partial charge in [0, 0.05) is 25.7 Å². The third kappa shape index (κ3) is 4.16. The number of nitrogens with zero attached hydrogens (tertiary/aromatic N) is 2. The van der Waals surface area contributed by atoms with E-state index in [4.69, 9.17) is 5.26 Å². The van der Waals surface area contributed by atoms with Gasteiger partial charge in [0.2, 0.25) is 5.91 Å². The summed E-state index contributed by atoms with van der Waals surface area (Å²) in [5.41, 5.74) is 4.29. The van der Waals surface area contributed by atoms with Gasteiger partial charge in [0.1, 0.15) is 11.6 Å². The van der Waals surface area contributed by atoms with Crippen LogP contribution in [-0.4, -0.2) is 22.8 Å². The molecule has 1 heterocycles. The first-order valence-electron chi connectivity index (χ1n) is 8.26. The molecule has 0 fully saturated rings. The topological polar surface area (TPSA) is 77.0 Å². The van der Waals surface area contributed by atoms with Crippen molar-refractivity contribution < 1.29 is 4.79 Å². The van der Waals surface area contributed by atoms with Gasteiger partial charge < -0.3 is 9.88 Å². The van der Waals surface area contributed by atoms with Crippen LogP contribution in [0.4, 0.5) is 0 Å². The predicted molar refractivity (Wildman–Crippen MR) is 97.2 cm³/mol. The Bertz CT molecular complexity index is 891. The van der Waals surface area contributed by atoms with Crippen molar-refractivity contribution in [1.29, 1.82) is 5.26 Å². The fraction of sp³-hybridized carbons (Fsp3) is 0.350. The molecular weight excluding hydrogens is 314 g/mol. The van der Waals surface area contributed by atoms with E-state index in [0.717, 1.165) is 22.4 Å². The fourth-order valence-corrected chi connectivity index (χ4v) is 2.97. The summed E-state index contributed by atoms with van der Waals surface area (Å²) < 4.78 is 0. The monoisotopic (exact) mass is 337 g/mol. The first kappa shape index (κ1) is 18.5. The molecule has 2 rings (SSSR count). The molecule has 1 aromatic carbocycles. The zero-order valence-corrected chi connectivity index (χ0v) is 15.1. The largest absolute Gasteiger partial charge is 0.341 e. The van der Waals surface area contributed by atoms with E-state index in [-0.39, 0.29) is 17.0 Å². The molecule has 5 nitrogen and oxygen atoms in total. The number of aromatic amines is 1. The van der Waals surface area contributed by atoms with Crippen LogP contribution >= 0.6 is 0 Å². The summed E-state index contributed by atoms with van der Waals surface area (Å²) >= 11 is 0. The first-order chi connectivity index (χ1) is 11.8. The van der Waals surface area contributed by atoms with Crippen LogP contribution in [0.25, 0.3) is 0 Å². The SMILES string of the molecule is Cc1ccccc1CN(C)C(=O)CCc1c(C)[nH]c(=O)c(C#N)c1C. The van der Waals surface area contributed by atoms with Crippen molar-refractivity contribution in [2.45, 2.75) is 40.2 Å². The highest BCUT2D eigenvalue weighted by Gasteiger charge is 2.15. The Kier molecular flexibility index (Phi) is 5.76. The molecule has 0 spiro atoms. The number of nitriles is 1. The van der Waals surface area contributed by atoms with Crippen molar-refractivity contribution >= 4 is 5.91 Å². The number of rotatable bonds is 5. The molecule has 0 unspecified atom stereocenters. The van der Waals surface area contributed by atoms with Crippen LogP contribution in [0.15, 0.2) is 29.1 Å².